The van der Waals surface area contributed by atoms with Crippen LogP contribution in [0, 0.1) is 0 Å². The fourth-order valence-corrected chi connectivity index (χ4v) is 5.98. The van der Waals surface area contributed by atoms with Gasteiger partial charge in [0.15, 0.2) is 17.6 Å². The predicted octanol–water partition coefficient (Wildman–Crippen LogP) is 1.55. The van der Waals surface area contributed by atoms with Crippen molar-refractivity contribution < 1.29 is 32.2 Å². The van der Waals surface area contributed by atoms with Crippen LogP contribution < -0.4 is 14.2 Å². The minimum atomic E-state index is -3.62. The second-order valence-electron chi connectivity index (χ2n) is 9.04. The van der Waals surface area contributed by atoms with E-state index in [1.54, 1.807) is 24.0 Å². The molecular formula is C25H31N3O7S. The minimum Gasteiger partial charge on any atom is -0.481 e. The van der Waals surface area contributed by atoms with Gasteiger partial charge < -0.3 is 23.8 Å². The highest BCUT2D eigenvalue weighted by Crippen LogP contribution is 2.33. The molecule has 0 aliphatic carbocycles. The Kier molecular flexibility index (Phi) is 7.33. The van der Waals surface area contributed by atoms with Gasteiger partial charge in [-0.05, 0) is 48.9 Å². The number of carbonyl (C=O) groups excluding carboxylic acids is 1. The van der Waals surface area contributed by atoms with Crippen molar-refractivity contribution in [1.82, 2.24) is 14.1 Å². The molecule has 2 aromatic carbocycles. The number of benzene rings is 2. The van der Waals surface area contributed by atoms with E-state index in [4.69, 9.17) is 18.9 Å². The highest BCUT2D eigenvalue weighted by molar-refractivity contribution is 7.89. The van der Waals surface area contributed by atoms with Crippen molar-refractivity contribution in [2.75, 3.05) is 59.3 Å². The molecule has 1 amide bonds. The van der Waals surface area contributed by atoms with Crippen molar-refractivity contribution in [3.63, 3.8) is 0 Å². The van der Waals surface area contributed by atoms with Crippen LogP contribution in [0.15, 0.2) is 47.4 Å². The second-order valence-corrected chi connectivity index (χ2v) is 11.0. The summed E-state index contributed by atoms with van der Waals surface area (Å²) in [6.07, 6.45) is -0.664. The van der Waals surface area contributed by atoms with Crippen LogP contribution in [0.1, 0.15) is 12.5 Å². The van der Waals surface area contributed by atoms with Gasteiger partial charge in [0.2, 0.25) is 16.8 Å². The Morgan fingerprint density at radius 1 is 0.944 bits per heavy atom. The van der Waals surface area contributed by atoms with Crippen LogP contribution in [0.4, 0.5) is 0 Å². The SMILES string of the molecule is C[C@@H](Oc1ccc(S(=O)(=O)N2CCN(Cc3ccc4c(c3)OCO4)CC2)cc1)C(=O)N1CCOCC1. The van der Waals surface area contributed by atoms with Crippen molar-refractivity contribution in [2.24, 2.45) is 0 Å². The highest BCUT2D eigenvalue weighted by Gasteiger charge is 2.29. The van der Waals surface area contributed by atoms with Crippen LogP contribution in [0.25, 0.3) is 0 Å². The number of morpholine rings is 1. The molecule has 10 nitrogen and oxygen atoms in total. The topological polar surface area (TPSA) is 97.9 Å². The molecule has 0 N–H and O–H groups in total. The van der Waals surface area contributed by atoms with Crippen molar-refractivity contribution in [1.29, 1.82) is 0 Å². The number of carbonyl (C=O) groups is 1. The summed E-state index contributed by atoms with van der Waals surface area (Å²) in [4.78, 5) is 16.7. The average molecular weight is 518 g/mol. The molecular weight excluding hydrogens is 486 g/mol. The molecule has 5 rings (SSSR count). The third kappa shape index (κ3) is 5.44. The Morgan fingerprint density at radius 3 is 2.36 bits per heavy atom. The largest absolute Gasteiger partial charge is 0.481 e. The number of hydrogen-bond donors (Lipinski definition) is 0. The van der Waals surface area contributed by atoms with Gasteiger partial charge in [0, 0.05) is 45.8 Å². The van der Waals surface area contributed by atoms with Gasteiger partial charge in [-0.15, -0.1) is 0 Å². The maximum Gasteiger partial charge on any atom is 0.263 e. The molecule has 0 saturated carbocycles. The van der Waals surface area contributed by atoms with Crippen molar-refractivity contribution in [2.45, 2.75) is 24.5 Å². The molecule has 3 aliphatic rings. The number of fused-ring (bicyclic) bond motifs is 1. The van der Waals surface area contributed by atoms with Crippen molar-refractivity contribution in [3.8, 4) is 17.2 Å². The van der Waals surface area contributed by atoms with E-state index in [0.29, 0.717) is 58.2 Å². The maximum atomic E-state index is 13.2. The lowest BCUT2D eigenvalue weighted by molar-refractivity contribution is -0.142. The zero-order chi connectivity index (χ0) is 25.1. The number of piperazine rings is 1. The summed E-state index contributed by atoms with van der Waals surface area (Å²) in [5, 5.41) is 0. The molecule has 36 heavy (non-hydrogen) atoms. The van der Waals surface area contributed by atoms with Gasteiger partial charge in [0.25, 0.3) is 5.91 Å². The standard InChI is InChI=1S/C25H31N3O7S/c1-19(25(29)27-12-14-32-15-13-27)35-21-3-5-22(6-4-21)36(30,31)28-10-8-26(9-11-28)17-20-2-7-23-24(16-20)34-18-33-23/h2-7,16,19H,8-15,17-18H2,1H3/t19-/m1/s1. The molecule has 194 valence electrons. The third-order valence-electron chi connectivity index (χ3n) is 6.62. The zero-order valence-electron chi connectivity index (χ0n) is 20.3. The van der Waals surface area contributed by atoms with Gasteiger partial charge in [0.05, 0.1) is 18.1 Å². The lowest BCUT2D eigenvalue weighted by Gasteiger charge is -2.34. The first kappa shape index (κ1) is 24.8. The zero-order valence-corrected chi connectivity index (χ0v) is 21.1. The van der Waals surface area contributed by atoms with Gasteiger partial charge in [-0.3, -0.25) is 9.69 Å². The monoisotopic (exact) mass is 517 g/mol. The summed E-state index contributed by atoms with van der Waals surface area (Å²) in [5.41, 5.74) is 1.10. The van der Waals surface area contributed by atoms with E-state index in [1.807, 2.05) is 18.2 Å². The summed E-state index contributed by atoms with van der Waals surface area (Å²) >= 11 is 0. The lowest BCUT2D eigenvalue weighted by atomic mass is 10.2. The Bertz CT molecular complexity index is 1170. The van der Waals surface area contributed by atoms with Gasteiger partial charge in [0.1, 0.15) is 5.75 Å². The van der Waals surface area contributed by atoms with Crippen LogP contribution in [0.5, 0.6) is 17.2 Å². The van der Waals surface area contributed by atoms with Crippen LogP contribution in [-0.2, 0) is 26.1 Å². The van der Waals surface area contributed by atoms with E-state index in [9.17, 15) is 13.2 Å². The number of sulfonamides is 1. The average Bonchev–Trinajstić information content (AvgIpc) is 3.37. The van der Waals surface area contributed by atoms with E-state index in [0.717, 1.165) is 23.6 Å². The Morgan fingerprint density at radius 2 is 1.64 bits per heavy atom. The van der Waals surface area contributed by atoms with Gasteiger partial charge >= 0.3 is 0 Å². The molecule has 11 heteroatoms. The molecule has 0 bridgehead atoms. The summed E-state index contributed by atoms with van der Waals surface area (Å²) in [6, 6.07) is 12.2. The summed E-state index contributed by atoms with van der Waals surface area (Å²) < 4.78 is 49.8. The lowest BCUT2D eigenvalue weighted by Crippen LogP contribution is -2.48. The smallest absolute Gasteiger partial charge is 0.263 e. The molecule has 1 atom stereocenters. The molecule has 2 fully saturated rings. The molecule has 0 unspecified atom stereocenters. The van der Waals surface area contributed by atoms with Gasteiger partial charge in [-0.25, -0.2) is 8.42 Å². The Hall–Kier alpha value is -2.86. The number of rotatable bonds is 7. The van der Waals surface area contributed by atoms with Crippen LogP contribution >= 0.6 is 0 Å². The molecule has 2 saturated heterocycles. The molecule has 0 radical (unpaired) electrons. The fourth-order valence-electron chi connectivity index (χ4n) is 4.56. The molecule has 2 aromatic rings. The predicted molar refractivity (Wildman–Crippen MR) is 131 cm³/mol. The second kappa shape index (κ2) is 10.6. The molecule has 0 aromatic heterocycles. The van der Waals surface area contributed by atoms with Crippen molar-refractivity contribution >= 4 is 15.9 Å². The first-order valence-electron chi connectivity index (χ1n) is 12.1. The van der Waals surface area contributed by atoms with Gasteiger partial charge in [-0.2, -0.15) is 4.31 Å². The first-order valence-corrected chi connectivity index (χ1v) is 13.6. The minimum absolute atomic E-state index is 0.103. The van der Waals surface area contributed by atoms with E-state index in [-0.39, 0.29) is 17.6 Å². The van der Waals surface area contributed by atoms with Crippen LogP contribution in [0.2, 0.25) is 0 Å². The maximum absolute atomic E-state index is 13.2. The van der Waals surface area contributed by atoms with E-state index in [2.05, 4.69) is 4.90 Å². The number of amides is 1. The number of nitrogens with zero attached hydrogens (tertiary/aromatic N) is 3. The number of hydrogen-bond acceptors (Lipinski definition) is 8. The van der Waals surface area contributed by atoms with Crippen molar-refractivity contribution in [3.05, 3.63) is 48.0 Å². The third-order valence-corrected chi connectivity index (χ3v) is 8.53. The van der Waals surface area contributed by atoms with E-state index < -0.39 is 16.1 Å². The first-order chi connectivity index (χ1) is 17.4. The summed E-state index contributed by atoms with van der Waals surface area (Å²) in [5.74, 6) is 1.86. The van der Waals surface area contributed by atoms with Gasteiger partial charge in [-0.1, -0.05) is 6.07 Å². The van der Waals surface area contributed by atoms with E-state index >= 15 is 0 Å². The molecule has 3 heterocycles. The summed E-state index contributed by atoms with van der Waals surface area (Å²) in [6.45, 7) is 6.91. The highest BCUT2D eigenvalue weighted by atomic mass is 32.2. The molecule has 3 aliphatic heterocycles. The Labute approximate surface area is 211 Å². The quantitative estimate of drug-likeness (QED) is 0.546. The van der Waals surface area contributed by atoms with Crippen LogP contribution in [0.3, 0.4) is 0 Å². The molecule has 0 spiro atoms. The summed E-state index contributed by atoms with van der Waals surface area (Å²) in [7, 11) is -3.62. The normalized spacial score (nSPS) is 19.8. The van der Waals surface area contributed by atoms with E-state index in [1.165, 1.54) is 16.4 Å². The fraction of sp³-hybridized carbons (Fsp3) is 0.480. The number of ether oxygens (including phenoxy) is 4. The van der Waals surface area contributed by atoms with Crippen LogP contribution in [-0.4, -0.2) is 93.8 Å². The Balaban J connectivity index is 1.14.